The zero-order valence-corrected chi connectivity index (χ0v) is 11.2. The Morgan fingerprint density at radius 2 is 2.16 bits per heavy atom. The van der Waals surface area contributed by atoms with Crippen LogP contribution in [0.2, 0.25) is 5.15 Å². The number of thiazole rings is 1. The summed E-state index contributed by atoms with van der Waals surface area (Å²) in [4.78, 5) is 20.1. The number of rotatable bonds is 2. The van der Waals surface area contributed by atoms with E-state index in [4.69, 9.17) is 11.6 Å². The third-order valence-electron chi connectivity index (χ3n) is 2.59. The van der Waals surface area contributed by atoms with E-state index in [-0.39, 0.29) is 11.1 Å². The number of anilines is 1. The van der Waals surface area contributed by atoms with Crippen LogP contribution in [0.15, 0.2) is 42.0 Å². The van der Waals surface area contributed by atoms with Gasteiger partial charge >= 0.3 is 0 Å². The lowest BCUT2D eigenvalue weighted by Crippen LogP contribution is -2.12. The van der Waals surface area contributed by atoms with Crippen LogP contribution in [0.3, 0.4) is 0 Å². The van der Waals surface area contributed by atoms with Gasteiger partial charge in [0.15, 0.2) is 0 Å². The molecule has 2 aromatic heterocycles. The summed E-state index contributed by atoms with van der Waals surface area (Å²) in [5.41, 5.74) is 3.76. The maximum atomic E-state index is 12.1. The Kier molecular flexibility index (Phi) is 3.15. The molecule has 19 heavy (non-hydrogen) atoms. The molecule has 3 rings (SSSR count). The predicted molar refractivity (Wildman–Crippen MR) is 76.8 cm³/mol. The molecule has 3 aromatic rings. The SMILES string of the molecule is O=C(Nc1ccc2ncsc2c1)c1cccnc1Cl. The van der Waals surface area contributed by atoms with Gasteiger partial charge in [-0.05, 0) is 30.3 Å². The molecule has 1 N–H and O–H groups in total. The molecule has 0 atom stereocenters. The highest BCUT2D eigenvalue weighted by Crippen LogP contribution is 2.22. The summed E-state index contributed by atoms with van der Waals surface area (Å²) in [5, 5.41) is 2.99. The minimum atomic E-state index is -0.276. The average Bonchev–Trinajstić information content (AvgIpc) is 2.86. The van der Waals surface area contributed by atoms with Crippen molar-refractivity contribution >= 4 is 44.7 Å². The predicted octanol–water partition coefficient (Wildman–Crippen LogP) is 3.60. The van der Waals surface area contributed by atoms with E-state index in [0.717, 1.165) is 10.2 Å². The van der Waals surface area contributed by atoms with Crippen molar-refractivity contribution in [1.82, 2.24) is 9.97 Å². The van der Waals surface area contributed by atoms with E-state index < -0.39 is 0 Å². The minimum absolute atomic E-state index is 0.193. The van der Waals surface area contributed by atoms with E-state index in [1.807, 2.05) is 18.2 Å². The molecule has 0 bridgehead atoms. The molecule has 0 aliphatic carbocycles. The standard InChI is InChI=1S/C13H8ClN3OS/c14-12-9(2-1-5-15-12)13(18)17-8-3-4-10-11(6-8)19-7-16-10/h1-7H,(H,17,18). The van der Waals surface area contributed by atoms with Gasteiger partial charge in [-0.15, -0.1) is 11.3 Å². The number of aromatic nitrogens is 2. The molecular weight excluding hydrogens is 282 g/mol. The first-order valence-electron chi connectivity index (χ1n) is 5.49. The van der Waals surface area contributed by atoms with Gasteiger partial charge in [-0.2, -0.15) is 0 Å². The fourth-order valence-corrected chi connectivity index (χ4v) is 2.61. The van der Waals surface area contributed by atoms with Crippen molar-refractivity contribution in [3.63, 3.8) is 0 Å². The zero-order chi connectivity index (χ0) is 13.2. The first-order valence-corrected chi connectivity index (χ1v) is 6.75. The van der Waals surface area contributed by atoms with Gasteiger partial charge < -0.3 is 5.32 Å². The second-order valence-electron chi connectivity index (χ2n) is 3.83. The Bertz CT molecular complexity index is 756. The van der Waals surface area contributed by atoms with E-state index in [9.17, 15) is 4.79 Å². The zero-order valence-electron chi connectivity index (χ0n) is 9.63. The maximum absolute atomic E-state index is 12.1. The largest absolute Gasteiger partial charge is 0.322 e. The van der Waals surface area contributed by atoms with Crippen LogP contribution in [0.1, 0.15) is 10.4 Å². The lowest BCUT2D eigenvalue weighted by Gasteiger charge is -2.05. The number of carbonyl (C=O) groups is 1. The number of hydrogen-bond acceptors (Lipinski definition) is 4. The quantitative estimate of drug-likeness (QED) is 0.733. The second kappa shape index (κ2) is 4.95. The second-order valence-corrected chi connectivity index (χ2v) is 5.08. The maximum Gasteiger partial charge on any atom is 0.258 e. The molecule has 0 saturated carbocycles. The van der Waals surface area contributed by atoms with Gasteiger partial charge in [0.2, 0.25) is 0 Å². The molecule has 0 fully saturated rings. The van der Waals surface area contributed by atoms with E-state index in [0.29, 0.717) is 11.3 Å². The summed E-state index contributed by atoms with van der Waals surface area (Å²) in [5.74, 6) is -0.276. The highest BCUT2D eigenvalue weighted by Gasteiger charge is 2.11. The van der Waals surface area contributed by atoms with Crippen molar-refractivity contribution in [2.24, 2.45) is 0 Å². The molecule has 0 aliphatic rings. The van der Waals surface area contributed by atoms with Crippen molar-refractivity contribution in [3.05, 3.63) is 52.8 Å². The van der Waals surface area contributed by atoms with Gasteiger partial charge in [0, 0.05) is 11.9 Å². The number of pyridine rings is 1. The summed E-state index contributed by atoms with van der Waals surface area (Å²) in [7, 11) is 0. The topological polar surface area (TPSA) is 54.9 Å². The fraction of sp³-hybridized carbons (Fsp3) is 0. The van der Waals surface area contributed by atoms with E-state index in [2.05, 4.69) is 15.3 Å². The minimum Gasteiger partial charge on any atom is -0.322 e. The molecule has 2 heterocycles. The van der Waals surface area contributed by atoms with E-state index in [1.54, 1.807) is 23.8 Å². The molecule has 1 amide bonds. The van der Waals surface area contributed by atoms with Crippen LogP contribution in [0.5, 0.6) is 0 Å². The lowest BCUT2D eigenvalue weighted by molar-refractivity contribution is 0.102. The number of nitrogens with zero attached hydrogens (tertiary/aromatic N) is 2. The molecule has 0 spiro atoms. The van der Waals surface area contributed by atoms with Crippen molar-refractivity contribution < 1.29 is 4.79 Å². The Balaban J connectivity index is 1.88. The molecule has 0 unspecified atom stereocenters. The van der Waals surface area contributed by atoms with Crippen LogP contribution in [-0.4, -0.2) is 15.9 Å². The molecule has 1 aromatic carbocycles. The average molecular weight is 290 g/mol. The normalized spacial score (nSPS) is 10.6. The van der Waals surface area contributed by atoms with Gasteiger partial charge in [0.05, 0.1) is 21.3 Å². The van der Waals surface area contributed by atoms with Gasteiger partial charge in [0.25, 0.3) is 5.91 Å². The number of hydrogen-bond donors (Lipinski definition) is 1. The Hall–Kier alpha value is -1.98. The third kappa shape index (κ3) is 2.43. The van der Waals surface area contributed by atoms with Gasteiger partial charge in [-0.1, -0.05) is 11.6 Å². The third-order valence-corrected chi connectivity index (χ3v) is 3.69. The smallest absolute Gasteiger partial charge is 0.258 e. The molecule has 0 radical (unpaired) electrons. The lowest BCUT2D eigenvalue weighted by atomic mass is 10.2. The van der Waals surface area contributed by atoms with Gasteiger partial charge in [-0.25, -0.2) is 9.97 Å². The van der Waals surface area contributed by atoms with Crippen molar-refractivity contribution in [3.8, 4) is 0 Å². The molecular formula is C13H8ClN3OS. The molecule has 0 aliphatic heterocycles. The summed E-state index contributed by atoms with van der Waals surface area (Å²) in [6.07, 6.45) is 1.54. The molecule has 6 heteroatoms. The van der Waals surface area contributed by atoms with Crippen LogP contribution in [0.25, 0.3) is 10.2 Å². The number of carbonyl (C=O) groups excluding carboxylic acids is 1. The summed E-state index contributed by atoms with van der Waals surface area (Å²) in [6, 6.07) is 8.87. The van der Waals surface area contributed by atoms with Gasteiger partial charge in [0.1, 0.15) is 5.15 Å². The fourth-order valence-electron chi connectivity index (χ4n) is 1.69. The molecule has 0 saturated heterocycles. The Morgan fingerprint density at radius 3 is 3.00 bits per heavy atom. The number of amides is 1. The highest BCUT2D eigenvalue weighted by atomic mass is 35.5. The number of halogens is 1. The monoisotopic (exact) mass is 289 g/mol. The van der Waals surface area contributed by atoms with E-state index in [1.165, 1.54) is 11.3 Å². The Labute approximate surface area is 118 Å². The van der Waals surface area contributed by atoms with Crippen molar-refractivity contribution in [2.75, 3.05) is 5.32 Å². The van der Waals surface area contributed by atoms with Crippen LogP contribution >= 0.6 is 22.9 Å². The van der Waals surface area contributed by atoms with Crippen molar-refractivity contribution in [2.45, 2.75) is 0 Å². The van der Waals surface area contributed by atoms with Crippen molar-refractivity contribution in [1.29, 1.82) is 0 Å². The first-order chi connectivity index (χ1) is 9.24. The Morgan fingerprint density at radius 1 is 1.26 bits per heavy atom. The number of fused-ring (bicyclic) bond motifs is 1. The van der Waals surface area contributed by atoms with Crippen LogP contribution in [0, 0.1) is 0 Å². The molecule has 94 valence electrons. The summed E-state index contributed by atoms with van der Waals surface area (Å²) >= 11 is 7.41. The highest BCUT2D eigenvalue weighted by molar-refractivity contribution is 7.16. The summed E-state index contributed by atoms with van der Waals surface area (Å²) < 4.78 is 1.02. The number of nitrogens with one attached hydrogen (secondary N) is 1. The molecule has 4 nitrogen and oxygen atoms in total. The van der Waals surface area contributed by atoms with Crippen LogP contribution < -0.4 is 5.32 Å². The van der Waals surface area contributed by atoms with Crippen LogP contribution in [-0.2, 0) is 0 Å². The van der Waals surface area contributed by atoms with Crippen LogP contribution in [0.4, 0.5) is 5.69 Å². The summed E-state index contributed by atoms with van der Waals surface area (Å²) in [6.45, 7) is 0. The van der Waals surface area contributed by atoms with Gasteiger partial charge in [-0.3, -0.25) is 4.79 Å². The number of benzene rings is 1. The first kappa shape index (κ1) is 12.1. The van der Waals surface area contributed by atoms with E-state index >= 15 is 0 Å².